The Kier molecular flexibility index (Phi) is 4.61. The molecule has 3 rings (SSSR count). The van der Waals surface area contributed by atoms with E-state index in [9.17, 15) is 14.9 Å². The first-order valence-electron chi connectivity index (χ1n) is 7.18. The molecule has 0 fully saturated rings. The third-order valence-corrected chi connectivity index (χ3v) is 4.01. The molecule has 1 aromatic carbocycles. The Hall–Kier alpha value is -3.01. The number of anilines is 1. The first-order valence-corrected chi connectivity index (χ1v) is 7.98. The van der Waals surface area contributed by atoms with Gasteiger partial charge in [-0.25, -0.2) is 0 Å². The molecular formula is C15H13BrN6O3. The number of nitrogens with zero attached hydrogens (tertiary/aromatic N) is 5. The summed E-state index contributed by atoms with van der Waals surface area (Å²) in [4.78, 5) is 22.6. The van der Waals surface area contributed by atoms with Gasteiger partial charge in [0.1, 0.15) is 6.20 Å². The number of aryl methyl sites for hydroxylation is 1. The average molecular weight is 405 g/mol. The zero-order valence-electron chi connectivity index (χ0n) is 13.1. The number of hydrogen-bond donors (Lipinski definition) is 1. The minimum Gasteiger partial charge on any atom is -0.318 e. The first kappa shape index (κ1) is 16.8. The zero-order valence-corrected chi connectivity index (χ0v) is 14.7. The van der Waals surface area contributed by atoms with Crippen LogP contribution in [0, 0.1) is 10.1 Å². The summed E-state index contributed by atoms with van der Waals surface area (Å²) in [6.07, 6.45) is 4.19. The third kappa shape index (κ3) is 3.74. The van der Waals surface area contributed by atoms with Crippen LogP contribution in [0.1, 0.15) is 16.1 Å². The van der Waals surface area contributed by atoms with Gasteiger partial charge >= 0.3 is 5.69 Å². The molecular weight excluding hydrogens is 392 g/mol. The number of nitrogens with one attached hydrogen (secondary N) is 1. The fourth-order valence-corrected chi connectivity index (χ4v) is 2.57. The number of aromatic nitrogens is 4. The van der Waals surface area contributed by atoms with E-state index in [2.05, 4.69) is 31.4 Å². The first-order chi connectivity index (χ1) is 11.9. The van der Waals surface area contributed by atoms with Gasteiger partial charge in [-0.1, -0.05) is 28.1 Å². The van der Waals surface area contributed by atoms with E-state index in [4.69, 9.17) is 0 Å². The lowest BCUT2D eigenvalue weighted by atomic mass is 10.2. The fraction of sp³-hybridized carbons (Fsp3) is 0.133. The molecule has 2 heterocycles. The van der Waals surface area contributed by atoms with E-state index in [0.29, 0.717) is 12.2 Å². The molecule has 0 unspecified atom stereocenters. The van der Waals surface area contributed by atoms with E-state index in [0.717, 1.165) is 16.2 Å². The second-order valence-electron chi connectivity index (χ2n) is 5.27. The molecule has 0 radical (unpaired) electrons. The number of amides is 1. The molecule has 0 spiro atoms. The highest BCUT2D eigenvalue weighted by molar-refractivity contribution is 9.10. The van der Waals surface area contributed by atoms with Crippen LogP contribution in [-0.2, 0) is 13.6 Å². The molecule has 10 heteroatoms. The highest BCUT2D eigenvalue weighted by atomic mass is 79.9. The Bertz CT molecular complexity index is 931. The van der Waals surface area contributed by atoms with E-state index in [1.807, 2.05) is 24.3 Å². The van der Waals surface area contributed by atoms with Crippen molar-refractivity contribution in [2.45, 2.75) is 6.54 Å². The minimum absolute atomic E-state index is 0.120. The van der Waals surface area contributed by atoms with Crippen molar-refractivity contribution in [1.82, 2.24) is 19.6 Å². The van der Waals surface area contributed by atoms with Crippen LogP contribution >= 0.6 is 15.9 Å². The van der Waals surface area contributed by atoms with Gasteiger partial charge in [0.15, 0.2) is 0 Å². The Morgan fingerprint density at radius 2 is 2.00 bits per heavy atom. The van der Waals surface area contributed by atoms with Crippen LogP contribution in [-0.4, -0.2) is 30.4 Å². The summed E-state index contributed by atoms with van der Waals surface area (Å²) in [5.74, 6) is -0.616. The smallest absolute Gasteiger partial charge is 0.318 e. The lowest BCUT2D eigenvalue weighted by Crippen LogP contribution is -2.17. The maximum atomic E-state index is 12.3. The molecule has 9 nitrogen and oxygen atoms in total. The number of rotatable bonds is 5. The van der Waals surface area contributed by atoms with E-state index in [1.54, 1.807) is 10.9 Å². The average Bonchev–Trinajstić information content (AvgIpc) is 3.16. The van der Waals surface area contributed by atoms with E-state index in [1.165, 1.54) is 17.9 Å². The Morgan fingerprint density at radius 1 is 1.28 bits per heavy atom. The van der Waals surface area contributed by atoms with Crippen molar-refractivity contribution in [2.24, 2.45) is 7.05 Å². The molecule has 0 aliphatic heterocycles. The van der Waals surface area contributed by atoms with Gasteiger partial charge in [0.05, 0.1) is 23.4 Å². The SMILES string of the molecule is Cn1ncc([N+](=O)[O-])c1C(=O)Nc1cnn(Cc2ccc(Br)cc2)c1. The lowest BCUT2D eigenvalue weighted by molar-refractivity contribution is -0.385. The molecule has 1 N–H and O–H groups in total. The van der Waals surface area contributed by atoms with E-state index < -0.39 is 10.8 Å². The van der Waals surface area contributed by atoms with Crippen LogP contribution in [0.4, 0.5) is 11.4 Å². The number of carbonyl (C=O) groups is 1. The zero-order chi connectivity index (χ0) is 18.0. The predicted octanol–water partition coefficient (Wildman–Crippen LogP) is 2.59. The topological polar surface area (TPSA) is 108 Å². The molecule has 2 aromatic heterocycles. The number of carbonyl (C=O) groups excluding carboxylic acids is 1. The van der Waals surface area contributed by atoms with Crippen LogP contribution in [0.15, 0.2) is 47.3 Å². The molecule has 25 heavy (non-hydrogen) atoms. The van der Waals surface area contributed by atoms with Crippen molar-refractivity contribution < 1.29 is 9.72 Å². The van der Waals surface area contributed by atoms with Crippen molar-refractivity contribution in [2.75, 3.05) is 5.32 Å². The van der Waals surface area contributed by atoms with Gasteiger partial charge in [-0.3, -0.25) is 24.3 Å². The second-order valence-corrected chi connectivity index (χ2v) is 6.18. The summed E-state index contributed by atoms with van der Waals surface area (Å²) in [6.45, 7) is 0.537. The van der Waals surface area contributed by atoms with Crippen molar-refractivity contribution in [3.63, 3.8) is 0 Å². The van der Waals surface area contributed by atoms with Crippen molar-refractivity contribution in [3.05, 3.63) is 68.7 Å². The molecule has 3 aromatic rings. The predicted molar refractivity (Wildman–Crippen MR) is 93.3 cm³/mol. The molecule has 0 aliphatic rings. The molecule has 0 saturated carbocycles. The largest absolute Gasteiger partial charge is 0.320 e. The maximum Gasteiger partial charge on any atom is 0.320 e. The molecule has 0 atom stereocenters. The van der Waals surface area contributed by atoms with E-state index in [-0.39, 0.29) is 11.4 Å². The van der Waals surface area contributed by atoms with Crippen molar-refractivity contribution in [3.8, 4) is 0 Å². The van der Waals surface area contributed by atoms with Gasteiger partial charge in [-0.2, -0.15) is 10.2 Å². The Labute approximate surface area is 150 Å². The summed E-state index contributed by atoms with van der Waals surface area (Å²) in [5, 5.41) is 21.5. The molecule has 0 aliphatic carbocycles. The van der Waals surface area contributed by atoms with Gasteiger partial charge in [0.25, 0.3) is 5.91 Å². The third-order valence-electron chi connectivity index (χ3n) is 3.48. The van der Waals surface area contributed by atoms with Crippen molar-refractivity contribution in [1.29, 1.82) is 0 Å². The highest BCUT2D eigenvalue weighted by Gasteiger charge is 2.25. The fourth-order valence-electron chi connectivity index (χ4n) is 2.30. The number of benzene rings is 1. The lowest BCUT2D eigenvalue weighted by Gasteiger charge is -2.03. The number of hydrogen-bond acceptors (Lipinski definition) is 5. The minimum atomic E-state index is -0.640. The second kappa shape index (κ2) is 6.85. The number of nitro groups is 1. The van der Waals surface area contributed by atoms with Crippen LogP contribution in [0.2, 0.25) is 0 Å². The van der Waals surface area contributed by atoms with Crippen LogP contribution in [0.3, 0.4) is 0 Å². The van der Waals surface area contributed by atoms with Crippen LogP contribution in [0.25, 0.3) is 0 Å². The monoisotopic (exact) mass is 404 g/mol. The van der Waals surface area contributed by atoms with Crippen molar-refractivity contribution >= 4 is 33.2 Å². The quantitative estimate of drug-likeness (QED) is 0.519. The van der Waals surface area contributed by atoms with Gasteiger partial charge in [-0.05, 0) is 17.7 Å². The Balaban J connectivity index is 1.73. The number of halogens is 1. The standard InChI is InChI=1S/C15H13BrN6O3/c1-20-14(13(7-17-20)22(24)25)15(23)19-12-6-18-21(9-12)8-10-2-4-11(16)5-3-10/h2-7,9H,8H2,1H3,(H,19,23). The summed E-state index contributed by atoms with van der Waals surface area (Å²) in [6, 6.07) is 7.79. The molecule has 1 amide bonds. The molecule has 0 bridgehead atoms. The van der Waals surface area contributed by atoms with Gasteiger partial charge < -0.3 is 5.32 Å². The normalized spacial score (nSPS) is 10.6. The summed E-state index contributed by atoms with van der Waals surface area (Å²) < 4.78 is 3.82. The highest BCUT2D eigenvalue weighted by Crippen LogP contribution is 2.19. The Morgan fingerprint density at radius 3 is 2.68 bits per heavy atom. The van der Waals surface area contributed by atoms with Gasteiger partial charge in [0, 0.05) is 17.7 Å². The molecule has 0 saturated heterocycles. The summed E-state index contributed by atoms with van der Waals surface area (Å²) in [7, 11) is 1.47. The molecule has 128 valence electrons. The van der Waals surface area contributed by atoms with Crippen LogP contribution in [0.5, 0.6) is 0 Å². The maximum absolute atomic E-state index is 12.3. The summed E-state index contributed by atoms with van der Waals surface area (Å²) in [5.41, 5.74) is 1.02. The van der Waals surface area contributed by atoms with Gasteiger partial charge in [-0.15, -0.1) is 0 Å². The van der Waals surface area contributed by atoms with Gasteiger partial charge in [0.2, 0.25) is 5.69 Å². The van der Waals surface area contributed by atoms with Crippen LogP contribution < -0.4 is 5.32 Å². The summed E-state index contributed by atoms with van der Waals surface area (Å²) >= 11 is 3.38. The van der Waals surface area contributed by atoms with E-state index >= 15 is 0 Å².